The Balaban J connectivity index is 2.33. The van der Waals surface area contributed by atoms with Gasteiger partial charge in [0.25, 0.3) is 0 Å². The molecule has 21 heavy (non-hydrogen) atoms. The molecule has 0 aromatic heterocycles. The molecule has 0 radical (unpaired) electrons. The lowest BCUT2D eigenvalue weighted by molar-refractivity contribution is 0.574. The van der Waals surface area contributed by atoms with Gasteiger partial charge in [0.1, 0.15) is 0 Å². The summed E-state index contributed by atoms with van der Waals surface area (Å²) in [7, 11) is 3.85. The van der Waals surface area contributed by atoms with Crippen LogP contribution in [0.15, 0.2) is 40.6 Å². The molecule has 110 valence electrons. The number of azo groups is 1. The van der Waals surface area contributed by atoms with Crippen LogP contribution in [0.5, 0.6) is 0 Å². The topological polar surface area (TPSA) is 28.0 Å². The molecule has 0 aliphatic carbocycles. The molecule has 0 heterocycles. The van der Waals surface area contributed by atoms with Crippen molar-refractivity contribution in [2.24, 2.45) is 10.2 Å². The van der Waals surface area contributed by atoms with E-state index in [1.54, 1.807) is 26.0 Å². The fraction of sp³-hybridized carbons (Fsp3) is 0.250. The van der Waals surface area contributed by atoms with Gasteiger partial charge in [-0.15, -0.1) is 5.11 Å². The number of benzene rings is 2. The molecule has 0 saturated carbocycles. The van der Waals surface area contributed by atoms with E-state index in [9.17, 15) is 8.78 Å². The molecule has 2 rings (SSSR count). The molecule has 0 saturated heterocycles. The van der Waals surface area contributed by atoms with Crippen LogP contribution in [0, 0.1) is 25.5 Å². The van der Waals surface area contributed by atoms with Crippen LogP contribution in [0.2, 0.25) is 0 Å². The molecule has 0 N–H and O–H groups in total. The summed E-state index contributed by atoms with van der Waals surface area (Å²) in [4.78, 5) is 1.95. The summed E-state index contributed by atoms with van der Waals surface area (Å²) in [6.07, 6.45) is 0. The number of aryl methyl sites for hydroxylation is 2. The van der Waals surface area contributed by atoms with Crippen LogP contribution in [0.4, 0.5) is 25.8 Å². The number of rotatable bonds is 3. The highest BCUT2D eigenvalue weighted by atomic mass is 19.1. The van der Waals surface area contributed by atoms with E-state index in [0.29, 0.717) is 16.8 Å². The summed E-state index contributed by atoms with van der Waals surface area (Å²) in [5.41, 5.74) is 1.91. The Kier molecular flexibility index (Phi) is 4.31. The van der Waals surface area contributed by atoms with Crippen LogP contribution in [-0.4, -0.2) is 14.1 Å². The number of nitrogens with zero attached hydrogens (tertiary/aromatic N) is 3. The second-order valence-corrected chi connectivity index (χ2v) is 5.10. The SMILES string of the molecule is Cc1cc(C)c(F)c(/N=N/c2ccc(N(C)C)cc2)c1F. The molecule has 0 fully saturated rings. The third kappa shape index (κ3) is 3.24. The van der Waals surface area contributed by atoms with Crippen molar-refractivity contribution in [1.29, 1.82) is 0 Å². The van der Waals surface area contributed by atoms with Crippen molar-refractivity contribution in [3.05, 3.63) is 53.1 Å². The Morgan fingerprint density at radius 1 is 0.857 bits per heavy atom. The largest absolute Gasteiger partial charge is 0.378 e. The highest BCUT2D eigenvalue weighted by Gasteiger charge is 2.14. The van der Waals surface area contributed by atoms with Gasteiger partial charge in [-0.1, -0.05) is 6.07 Å². The summed E-state index contributed by atoms with van der Waals surface area (Å²) in [6.45, 7) is 3.15. The average molecular weight is 289 g/mol. The zero-order valence-electron chi connectivity index (χ0n) is 12.5. The van der Waals surface area contributed by atoms with E-state index in [-0.39, 0.29) is 5.69 Å². The third-order valence-corrected chi connectivity index (χ3v) is 3.17. The maximum absolute atomic E-state index is 13.9. The van der Waals surface area contributed by atoms with Gasteiger partial charge in [-0.2, -0.15) is 5.11 Å². The first-order chi connectivity index (χ1) is 9.90. The second kappa shape index (κ2) is 5.99. The number of halogens is 2. The quantitative estimate of drug-likeness (QED) is 0.725. The van der Waals surface area contributed by atoms with E-state index in [4.69, 9.17) is 0 Å². The summed E-state index contributed by atoms with van der Waals surface area (Å²) in [6, 6.07) is 8.68. The van der Waals surface area contributed by atoms with Crippen LogP contribution in [0.25, 0.3) is 0 Å². The minimum atomic E-state index is -0.674. The first-order valence-electron chi connectivity index (χ1n) is 6.54. The lowest BCUT2D eigenvalue weighted by Gasteiger charge is -2.11. The van der Waals surface area contributed by atoms with Gasteiger partial charge in [-0.25, -0.2) is 8.78 Å². The molecule has 0 unspecified atom stereocenters. The number of hydrogen-bond donors (Lipinski definition) is 0. The van der Waals surface area contributed by atoms with E-state index in [0.717, 1.165) is 5.69 Å². The van der Waals surface area contributed by atoms with Crippen LogP contribution in [0.3, 0.4) is 0 Å². The smallest absolute Gasteiger partial charge is 0.157 e. The molecule has 2 aromatic rings. The summed E-state index contributed by atoms with van der Waals surface area (Å²) in [5.74, 6) is -1.35. The first-order valence-corrected chi connectivity index (χ1v) is 6.54. The maximum atomic E-state index is 13.9. The second-order valence-electron chi connectivity index (χ2n) is 5.10. The summed E-state index contributed by atoms with van der Waals surface area (Å²) >= 11 is 0. The van der Waals surface area contributed by atoms with Crippen molar-refractivity contribution in [3.63, 3.8) is 0 Å². The van der Waals surface area contributed by atoms with Crippen LogP contribution >= 0.6 is 0 Å². The number of anilines is 1. The van der Waals surface area contributed by atoms with Crippen molar-refractivity contribution >= 4 is 17.1 Å². The Hall–Kier alpha value is -2.30. The third-order valence-electron chi connectivity index (χ3n) is 3.17. The zero-order chi connectivity index (χ0) is 15.6. The molecule has 0 aliphatic heterocycles. The molecule has 3 nitrogen and oxygen atoms in total. The Morgan fingerprint density at radius 2 is 1.38 bits per heavy atom. The molecule has 0 bridgehead atoms. The van der Waals surface area contributed by atoms with Crippen LogP contribution in [-0.2, 0) is 0 Å². The van der Waals surface area contributed by atoms with Gasteiger partial charge < -0.3 is 4.90 Å². The first kappa shape index (κ1) is 15.1. The van der Waals surface area contributed by atoms with Gasteiger partial charge in [0.2, 0.25) is 0 Å². The molecule has 0 atom stereocenters. The predicted octanol–water partition coefficient (Wildman–Crippen LogP) is 5.06. The highest BCUT2D eigenvalue weighted by molar-refractivity contribution is 5.52. The van der Waals surface area contributed by atoms with Gasteiger partial charge in [-0.05, 0) is 49.2 Å². The average Bonchev–Trinajstić information content (AvgIpc) is 2.45. The fourth-order valence-corrected chi connectivity index (χ4v) is 1.93. The van der Waals surface area contributed by atoms with E-state index in [1.165, 1.54) is 6.07 Å². The molecule has 5 heteroatoms. The van der Waals surface area contributed by atoms with Gasteiger partial charge in [-0.3, -0.25) is 0 Å². The lowest BCUT2D eigenvalue weighted by atomic mass is 10.1. The van der Waals surface area contributed by atoms with E-state index in [2.05, 4.69) is 10.2 Å². The monoisotopic (exact) mass is 289 g/mol. The molecule has 0 aliphatic rings. The standard InChI is InChI=1S/C16H17F2N3/c1-10-9-11(2)15(18)16(14(10)17)20-19-12-5-7-13(8-6-12)21(3)4/h5-9H,1-4H3/b20-19+. The maximum Gasteiger partial charge on any atom is 0.157 e. The Labute approximate surface area is 122 Å². The fourth-order valence-electron chi connectivity index (χ4n) is 1.93. The molecule has 0 amide bonds. The van der Waals surface area contributed by atoms with Gasteiger partial charge >= 0.3 is 0 Å². The van der Waals surface area contributed by atoms with Crippen LogP contribution in [0.1, 0.15) is 11.1 Å². The van der Waals surface area contributed by atoms with E-state index < -0.39 is 11.6 Å². The normalized spacial score (nSPS) is 11.1. The zero-order valence-corrected chi connectivity index (χ0v) is 12.5. The van der Waals surface area contributed by atoms with Gasteiger partial charge in [0.15, 0.2) is 17.3 Å². The number of hydrogen-bond acceptors (Lipinski definition) is 3. The van der Waals surface area contributed by atoms with Crippen molar-refractivity contribution in [1.82, 2.24) is 0 Å². The Bertz CT molecular complexity index is 651. The Morgan fingerprint density at radius 3 is 1.86 bits per heavy atom. The summed E-state index contributed by atoms with van der Waals surface area (Å²) in [5, 5.41) is 7.64. The molecule has 0 spiro atoms. The van der Waals surface area contributed by atoms with Crippen molar-refractivity contribution < 1.29 is 8.78 Å². The molecular formula is C16H17F2N3. The van der Waals surface area contributed by atoms with E-state index in [1.807, 2.05) is 31.1 Å². The van der Waals surface area contributed by atoms with Gasteiger partial charge in [0.05, 0.1) is 5.69 Å². The highest BCUT2D eigenvalue weighted by Crippen LogP contribution is 2.29. The predicted molar refractivity (Wildman–Crippen MR) is 80.8 cm³/mol. The minimum absolute atomic E-state index is 0.343. The van der Waals surface area contributed by atoms with Gasteiger partial charge in [0, 0.05) is 19.8 Å². The van der Waals surface area contributed by atoms with E-state index >= 15 is 0 Å². The van der Waals surface area contributed by atoms with Crippen molar-refractivity contribution in [2.75, 3.05) is 19.0 Å². The van der Waals surface area contributed by atoms with Crippen LogP contribution < -0.4 is 4.90 Å². The lowest BCUT2D eigenvalue weighted by Crippen LogP contribution is -2.07. The summed E-state index contributed by atoms with van der Waals surface area (Å²) < 4.78 is 27.8. The molecular weight excluding hydrogens is 272 g/mol. The minimum Gasteiger partial charge on any atom is -0.378 e. The van der Waals surface area contributed by atoms with Crippen molar-refractivity contribution in [2.45, 2.75) is 13.8 Å². The molecule has 2 aromatic carbocycles. The van der Waals surface area contributed by atoms with Crippen molar-refractivity contribution in [3.8, 4) is 0 Å².